The fourth-order valence-electron chi connectivity index (χ4n) is 3.04. The lowest BCUT2D eigenvalue weighted by atomic mass is 10.1. The van der Waals surface area contributed by atoms with Crippen LogP contribution in [-0.4, -0.2) is 18.4 Å². The van der Waals surface area contributed by atoms with E-state index in [9.17, 15) is 9.59 Å². The van der Waals surface area contributed by atoms with E-state index in [-0.39, 0.29) is 18.4 Å². The molecule has 1 heterocycles. The van der Waals surface area contributed by atoms with Crippen LogP contribution in [0, 0.1) is 6.92 Å². The lowest BCUT2D eigenvalue weighted by Gasteiger charge is -2.14. The number of furan rings is 1. The molecule has 2 aromatic carbocycles. The molecule has 1 aromatic heterocycles. The Bertz CT molecular complexity index is 964. The molecule has 0 aliphatic rings. The SMILES string of the molecule is CCc1cccc(C)c1NCC(=O)Nc1ccc(C(=O)NCc2ccco2)cc1. The first-order valence-electron chi connectivity index (χ1n) is 9.59. The number of benzene rings is 2. The summed E-state index contributed by atoms with van der Waals surface area (Å²) in [6.45, 7) is 4.61. The van der Waals surface area contributed by atoms with E-state index in [4.69, 9.17) is 4.42 Å². The van der Waals surface area contributed by atoms with Crippen molar-refractivity contribution in [3.8, 4) is 0 Å². The summed E-state index contributed by atoms with van der Waals surface area (Å²) in [6.07, 6.45) is 2.46. The molecule has 3 N–H and O–H groups in total. The van der Waals surface area contributed by atoms with E-state index in [1.54, 1.807) is 42.7 Å². The summed E-state index contributed by atoms with van der Waals surface area (Å²) < 4.78 is 5.19. The van der Waals surface area contributed by atoms with Crippen LogP contribution in [0.3, 0.4) is 0 Å². The standard InChI is InChI=1S/C23H25N3O3/c1-3-17-7-4-6-16(2)22(17)24-15-21(27)26-19-11-9-18(10-12-19)23(28)25-14-20-8-5-13-29-20/h4-13,24H,3,14-15H2,1-2H3,(H,25,28)(H,26,27). The van der Waals surface area contributed by atoms with Crippen LogP contribution in [-0.2, 0) is 17.8 Å². The molecule has 0 unspecified atom stereocenters. The van der Waals surface area contributed by atoms with Gasteiger partial charge in [-0.1, -0.05) is 25.1 Å². The highest BCUT2D eigenvalue weighted by atomic mass is 16.3. The van der Waals surface area contributed by atoms with Crippen molar-refractivity contribution in [2.24, 2.45) is 0 Å². The Kier molecular flexibility index (Phi) is 6.68. The van der Waals surface area contributed by atoms with Gasteiger partial charge >= 0.3 is 0 Å². The summed E-state index contributed by atoms with van der Waals surface area (Å²) in [4.78, 5) is 24.5. The van der Waals surface area contributed by atoms with Crippen molar-refractivity contribution in [3.05, 3.63) is 83.3 Å². The smallest absolute Gasteiger partial charge is 0.251 e. The summed E-state index contributed by atoms with van der Waals surface area (Å²) in [6, 6.07) is 16.5. The summed E-state index contributed by atoms with van der Waals surface area (Å²) in [5.74, 6) is 0.340. The second kappa shape index (κ2) is 9.59. The van der Waals surface area contributed by atoms with Gasteiger partial charge in [0.15, 0.2) is 0 Å². The Hall–Kier alpha value is -3.54. The van der Waals surface area contributed by atoms with Gasteiger partial charge in [0.25, 0.3) is 5.91 Å². The van der Waals surface area contributed by atoms with Crippen molar-refractivity contribution < 1.29 is 14.0 Å². The van der Waals surface area contributed by atoms with Gasteiger partial charge in [0.05, 0.1) is 19.4 Å². The fraction of sp³-hybridized carbons (Fsp3) is 0.217. The maximum absolute atomic E-state index is 12.3. The Morgan fingerprint density at radius 3 is 2.48 bits per heavy atom. The third-order valence-electron chi connectivity index (χ3n) is 4.60. The van der Waals surface area contributed by atoms with Crippen LogP contribution in [0.15, 0.2) is 65.3 Å². The van der Waals surface area contributed by atoms with Crippen molar-refractivity contribution in [1.82, 2.24) is 5.32 Å². The molecule has 150 valence electrons. The van der Waals surface area contributed by atoms with Crippen LogP contribution in [0.2, 0.25) is 0 Å². The second-order valence-corrected chi connectivity index (χ2v) is 6.70. The summed E-state index contributed by atoms with van der Waals surface area (Å²) in [5.41, 5.74) is 4.46. The summed E-state index contributed by atoms with van der Waals surface area (Å²) in [5, 5.41) is 8.85. The molecule has 6 nitrogen and oxygen atoms in total. The molecule has 3 rings (SSSR count). The van der Waals surface area contributed by atoms with Crippen LogP contribution in [0.1, 0.15) is 34.2 Å². The number of rotatable bonds is 8. The normalized spacial score (nSPS) is 10.4. The van der Waals surface area contributed by atoms with E-state index in [2.05, 4.69) is 28.9 Å². The fourth-order valence-corrected chi connectivity index (χ4v) is 3.04. The quantitative estimate of drug-likeness (QED) is 0.539. The topological polar surface area (TPSA) is 83.4 Å². The molecule has 0 aliphatic heterocycles. The van der Waals surface area contributed by atoms with E-state index < -0.39 is 0 Å². The van der Waals surface area contributed by atoms with E-state index >= 15 is 0 Å². The Labute approximate surface area is 170 Å². The lowest BCUT2D eigenvalue weighted by Crippen LogP contribution is -2.23. The van der Waals surface area contributed by atoms with Gasteiger partial charge in [0.1, 0.15) is 5.76 Å². The zero-order valence-corrected chi connectivity index (χ0v) is 16.6. The van der Waals surface area contributed by atoms with Gasteiger partial charge in [-0.15, -0.1) is 0 Å². The number of carbonyl (C=O) groups is 2. The molecule has 0 bridgehead atoms. The highest BCUT2D eigenvalue weighted by Gasteiger charge is 2.09. The molecule has 2 amide bonds. The minimum absolute atomic E-state index is 0.148. The maximum atomic E-state index is 12.3. The number of aryl methyl sites for hydroxylation is 2. The van der Waals surface area contributed by atoms with E-state index in [0.29, 0.717) is 23.6 Å². The van der Waals surface area contributed by atoms with Gasteiger partial charge in [-0.05, 0) is 60.9 Å². The van der Waals surface area contributed by atoms with Crippen LogP contribution >= 0.6 is 0 Å². The third-order valence-corrected chi connectivity index (χ3v) is 4.60. The largest absolute Gasteiger partial charge is 0.467 e. The monoisotopic (exact) mass is 391 g/mol. The van der Waals surface area contributed by atoms with Crippen molar-refractivity contribution >= 4 is 23.2 Å². The summed E-state index contributed by atoms with van der Waals surface area (Å²) >= 11 is 0. The number of carbonyl (C=O) groups excluding carboxylic acids is 2. The van der Waals surface area contributed by atoms with Crippen LogP contribution in [0.5, 0.6) is 0 Å². The molecule has 3 aromatic rings. The van der Waals surface area contributed by atoms with Crippen molar-refractivity contribution in [1.29, 1.82) is 0 Å². The van der Waals surface area contributed by atoms with Crippen molar-refractivity contribution in [3.63, 3.8) is 0 Å². The average Bonchev–Trinajstić information content (AvgIpc) is 3.25. The number of para-hydroxylation sites is 1. The van der Waals surface area contributed by atoms with Crippen LogP contribution < -0.4 is 16.0 Å². The molecule has 0 atom stereocenters. The van der Waals surface area contributed by atoms with Gasteiger partial charge in [-0.25, -0.2) is 0 Å². The van der Waals surface area contributed by atoms with Gasteiger partial charge in [0, 0.05) is 16.9 Å². The van der Waals surface area contributed by atoms with Crippen molar-refractivity contribution in [2.75, 3.05) is 17.2 Å². The van der Waals surface area contributed by atoms with E-state index in [0.717, 1.165) is 17.7 Å². The lowest BCUT2D eigenvalue weighted by molar-refractivity contribution is -0.114. The van der Waals surface area contributed by atoms with Crippen LogP contribution in [0.4, 0.5) is 11.4 Å². The number of amides is 2. The molecule has 0 saturated heterocycles. The molecular formula is C23H25N3O3. The zero-order valence-electron chi connectivity index (χ0n) is 16.6. The van der Waals surface area contributed by atoms with Crippen molar-refractivity contribution in [2.45, 2.75) is 26.8 Å². The first-order chi connectivity index (χ1) is 14.1. The predicted molar refractivity (Wildman–Crippen MR) is 114 cm³/mol. The van der Waals surface area contributed by atoms with Gasteiger partial charge in [-0.2, -0.15) is 0 Å². The van der Waals surface area contributed by atoms with E-state index in [1.807, 2.05) is 19.1 Å². The first kappa shape index (κ1) is 20.2. The minimum atomic E-state index is -0.201. The van der Waals surface area contributed by atoms with Crippen LogP contribution in [0.25, 0.3) is 0 Å². The highest BCUT2D eigenvalue weighted by molar-refractivity contribution is 5.96. The predicted octanol–water partition coefficient (Wildman–Crippen LogP) is 4.13. The minimum Gasteiger partial charge on any atom is -0.467 e. The van der Waals surface area contributed by atoms with Gasteiger partial charge < -0.3 is 20.4 Å². The number of nitrogens with one attached hydrogen (secondary N) is 3. The Morgan fingerprint density at radius 2 is 1.79 bits per heavy atom. The molecule has 0 saturated carbocycles. The molecular weight excluding hydrogens is 366 g/mol. The molecule has 0 spiro atoms. The molecule has 6 heteroatoms. The third kappa shape index (κ3) is 5.48. The molecule has 0 aliphatic carbocycles. The zero-order chi connectivity index (χ0) is 20.6. The Morgan fingerprint density at radius 1 is 1.00 bits per heavy atom. The summed E-state index contributed by atoms with van der Waals surface area (Å²) in [7, 11) is 0. The van der Waals surface area contributed by atoms with Gasteiger partial charge in [0.2, 0.25) is 5.91 Å². The Balaban J connectivity index is 1.51. The number of anilines is 2. The maximum Gasteiger partial charge on any atom is 0.251 e. The molecule has 0 radical (unpaired) electrons. The second-order valence-electron chi connectivity index (χ2n) is 6.70. The first-order valence-corrected chi connectivity index (χ1v) is 9.59. The molecule has 0 fully saturated rings. The highest BCUT2D eigenvalue weighted by Crippen LogP contribution is 2.20. The van der Waals surface area contributed by atoms with Gasteiger partial charge in [-0.3, -0.25) is 9.59 Å². The van der Waals surface area contributed by atoms with E-state index in [1.165, 1.54) is 5.56 Å². The average molecular weight is 391 g/mol. The number of hydrogen-bond donors (Lipinski definition) is 3. The number of hydrogen-bond acceptors (Lipinski definition) is 4. The molecule has 29 heavy (non-hydrogen) atoms.